The molecule has 2 aromatic rings. The summed E-state index contributed by atoms with van der Waals surface area (Å²) in [6, 6.07) is 8.61. The Balaban J connectivity index is 2.30. The van der Waals surface area contributed by atoms with Crippen molar-refractivity contribution in [1.82, 2.24) is 0 Å². The number of nitrogens with zero attached hydrogens (tertiary/aromatic N) is 1. The number of fused-ring (bicyclic) bond motifs is 1. The molecular formula is C10H9NS. The summed E-state index contributed by atoms with van der Waals surface area (Å²) in [4.78, 5) is 2.40. The van der Waals surface area contributed by atoms with Gasteiger partial charge in [-0.25, -0.2) is 0 Å². The molecule has 0 N–H and O–H groups in total. The number of hydrogen-bond donors (Lipinski definition) is 0. The average Bonchev–Trinajstić information content (AvgIpc) is 2.86. The van der Waals surface area contributed by atoms with E-state index in [0.29, 0.717) is 0 Å². The molecule has 1 aliphatic rings. The van der Waals surface area contributed by atoms with Crippen LogP contribution in [0.15, 0.2) is 29.6 Å². The number of anilines is 1. The number of hydrogen-bond acceptors (Lipinski definition) is 2. The van der Waals surface area contributed by atoms with Crippen molar-refractivity contribution in [2.75, 3.05) is 18.0 Å². The van der Waals surface area contributed by atoms with Crippen LogP contribution >= 0.6 is 11.3 Å². The van der Waals surface area contributed by atoms with Crippen molar-refractivity contribution in [3.63, 3.8) is 0 Å². The van der Waals surface area contributed by atoms with Crippen LogP contribution in [0.25, 0.3) is 10.1 Å². The minimum absolute atomic E-state index is 1.24. The SMILES string of the molecule is c1ccc2c(N3CC3)csc2c1. The first-order chi connectivity index (χ1) is 5.95. The van der Waals surface area contributed by atoms with Crippen molar-refractivity contribution in [2.24, 2.45) is 0 Å². The largest absolute Gasteiger partial charge is 0.367 e. The van der Waals surface area contributed by atoms with Gasteiger partial charge in [0.1, 0.15) is 0 Å². The van der Waals surface area contributed by atoms with Crippen molar-refractivity contribution < 1.29 is 0 Å². The van der Waals surface area contributed by atoms with Gasteiger partial charge in [-0.1, -0.05) is 18.2 Å². The summed E-state index contributed by atoms with van der Waals surface area (Å²) in [5.74, 6) is 0. The van der Waals surface area contributed by atoms with E-state index in [-0.39, 0.29) is 0 Å². The molecule has 0 aliphatic carbocycles. The summed E-state index contributed by atoms with van der Waals surface area (Å²) in [5.41, 5.74) is 1.43. The minimum atomic E-state index is 1.24. The molecule has 12 heavy (non-hydrogen) atoms. The zero-order chi connectivity index (χ0) is 7.97. The molecule has 0 amide bonds. The summed E-state index contributed by atoms with van der Waals surface area (Å²) in [7, 11) is 0. The standard InChI is InChI=1S/C10H9NS/c1-2-4-10-8(3-1)9(7-12-10)11-5-6-11/h1-4,7H,5-6H2. The van der Waals surface area contributed by atoms with E-state index in [1.807, 2.05) is 11.3 Å². The van der Waals surface area contributed by atoms with Gasteiger partial charge in [-0.05, 0) is 6.07 Å². The van der Waals surface area contributed by atoms with E-state index in [1.165, 1.54) is 28.9 Å². The predicted octanol–water partition coefficient (Wildman–Crippen LogP) is 2.72. The van der Waals surface area contributed by atoms with Crippen molar-refractivity contribution in [3.05, 3.63) is 29.6 Å². The van der Waals surface area contributed by atoms with Gasteiger partial charge in [0, 0.05) is 28.6 Å². The summed E-state index contributed by atoms with van der Waals surface area (Å²) in [6.45, 7) is 2.47. The Labute approximate surface area is 75.2 Å². The van der Waals surface area contributed by atoms with E-state index in [0.717, 1.165) is 0 Å². The first kappa shape index (κ1) is 6.49. The molecule has 0 atom stereocenters. The Morgan fingerprint density at radius 1 is 1.17 bits per heavy atom. The van der Waals surface area contributed by atoms with E-state index < -0.39 is 0 Å². The smallest absolute Gasteiger partial charge is 0.0556 e. The second-order valence-electron chi connectivity index (χ2n) is 3.10. The van der Waals surface area contributed by atoms with Crippen molar-refractivity contribution in [3.8, 4) is 0 Å². The van der Waals surface area contributed by atoms with Crippen LogP contribution in [0, 0.1) is 0 Å². The topological polar surface area (TPSA) is 3.01 Å². The summed E-state index contributed by atoms with van der Waals surface area (Å²) < 4.78 is 1.40. The monoisotopic (exact) mass is 175 g/mol. The van der Waals surface area contributed by atoms with Crippen LogP contribution in [0.4, 0.5) is 5.69 Å². The second-order valence-corrected chi connectivity index (χ2v) is 4.02. The van der Waals surface area contributed by atoms with Crippen molar-refractivity contribution in [1.29, 1.82) is 0 Å². The lowest BCUT2D eigenvalue weighted by molar-refractivity contribution is 1.44. The van der Waals surface area contributed by atoms with Gasteiger partial charge >= 0.3 is 0 Å². The van der Waals surface area contributed by atoms with Gasteiger partial charge in [-0.3, -0.25) is 0 Å². The molecule has 2 heteroatoms. The van der Waals surface area contributed by atoms with Crippen LogP contribution in [0.1, 0.15) is 0 Å². The molecule has 60 valence electrons. The molecule has 1 nitrogen and oxygen atoms in total. The van der Waals surface area contributed by atoms with Crippen LogP contribution in [0.3, 0.4) is 0 Å². The molecule has 1 fully saturated rings. The lowest BCUT2D eigenvalue weighted by Gasteiger charge is -1.97. The summed E-state index contributed by atoms with van der Waals surface area (Å²) in [5, 5.41) is 3.68. The zero-order valence-electron chi connectivity index (χ0n) is 6.66. The quantitative estimate of drug-likeness (QED) is 0.602. The molecule has 1 aliphatic heterocycles. The molecule has 1 saturated heterocycles. The molecule has 0 radical (unpaired) electrons. The fraction of sp³-hybridized carbons (Fsp3) is 0.200. The average molecular weight is 175 g/mol. The minimum Gasteiger partial charge on any atom is -0.367 e. The lowest BCUT2D eigenvalue weighted by Crippen LogP contribution is -1.87. The van der Waals surface area contributed by atoms with E-state index in [1.54, 1.807) is 0 Å². The molecule has 3 rings (SSSR count). The second kappa shape index (κ2) is 2.23. The lowest BCUT2D eigenvalue weighted by atomic mass is 10.2. The highest BCUT2D eigenvalue weighted by Crippen LogP contribution is 2.35. The highest BCUT2D eigenvalue weighted by atomic mass is 32.1. The third-order valence-corrected chi connectivity index (χ3v) is 3.20. The first-order valence-electron chi connectivity index (χ1n) is 4.16. The van der Waals surface area contributed by atoms with Crippen LogP contribution in [-0.2, 0) is 0 Å². The Hall–Kier alpha value is -1.02. The third-order valence-electron chi connectivity index (χ3n) is 2.25. The van der Waals surface area contributed by atoms with Gasteiger partial charge in [0.25, 0.3) is 0 Å². The molecule has 0 spiro atoms. The Morgan fingerprint density at radius 3 is 2.83 bits per heavy atom. The van der Waals surface area contributed by atoms with Gasteiger partial charge in [0.15, 0.2) is 0 Å². The van der Waals surface area contributed by atoms with Crippen molar-refractivity contribution in [2.45, 2.75) is 0 Å². The van der Waals surface area contributed by atoms with E-state index in [2.05, 4.69) is 34.5 Å². The maximum absolute atomic E-state index is 2.40. The number of thiophene rings is 1. The number of rotatable bonds is 1. The van der Waals surface area contributed by atoms with Crippen LogP contribution in [0.5, 0.6) is 0 Å². The maximum atomic E-state index is 2.40. The third kappa shape index (κ3) is 0.847. The van der Waals surface area contributed by atoms with E-state index in [9.17, 15) is 0 Å². The molecule has 1 aromatic heterocycles. The van der Waals surface area contributed by atoms with E-state index >= 15 is 0 Å². The normalized spacial score (nSPS) is 15.5. The van der Waals surface area contributed by atoms with Crippen LogP contribution < -0.4 is 4.90 Å². The fourth-order valence-corrected chi connectivity index (χ4v) is 2.47. The predicted molar refractivity (Wildman–Crippen MR) is 54.0 cm³/mol. The fourth-order valence-electron chi connectivity index (χ4n) is 1.50. The molecule has 0 saturated carbocycles. The molecule has 0 bridgehead atoms. The van der Waals surface area contributed by atoms with Gasteiger partial charge in [0.2, 0.25) is 0 Å². The summed E-state index contributed by atoms with van der Waals surface area (Å²) in [6.07, 6.45) is 0. The van der Waals surface area contributed by atoms with Gasteiger partial charge in [-0.15, -0.1) is 11.3 Å². The van der Waals surface area contributed by atoms with Crippen molar-refractivity contribution >= 4 is 27.1 Å². The summed E-state index contributed by atoms with van der Waals surface area (Å²) >= 11 is 1.84. The van der Waals surface area contributed by atoms with Crippen LogP contribution in [0.2, 0.25) is 0 Å². The van der Waals surface area contributed by atoms with Gasteiger partial charge < -0.3 is 4.90 Å². The van der Waals surface area contributed by atoms with Gasteiger partial charge in [0.05, 0.1) is 5.69 Å². The molecular weight excluding hydrogens is 166 g/mol. The number of benzene rings is 1. The Morgan fingerprint density at radius 2 is 2.00 bits per heavy atom. The highest BCUT2D eigenvalue weighted by molar-refractivity contribution is 7.17. The zero-order valence-corrected chi connectivity index (χ0v) is 7.47. The molecule has 0 unspecified atom stereocenters. The maximum Gasteiger partial charge on any atom is 0.0556 e. The van der Waals surface area contributed by atoms with Crippen LogP contribution in [-0.4, -0.2) is 13.1 Å². The Bertz CT molecular complexity index is 414. The highest BCUT2D eigenvalue weighted by Gasteiger charge is 2.20. The van der Waals surface area contributed by atoms with Gasteiger partial charge in [-0.2, -0.15) is 0 Å². The molecule has 2 heterocycles. The Kier molecular flexibility index (Phi) is 1.21. The first-order valence-corrected chi connectivity index (χ1v) is 5.04. The van der Waals surface area contributed by atoms with E-state index in [4.69, 9.17) is 0 Å². The molecule has 1 aromatic carbocycles.